The molecule has 0 saturated heterocycles. The lowest BCUT2D eigenvalue weighted by molar-refractivity contribution is 0.573. The highest BCUT2D eigenvalue weighted by atomic mass is 32.2. The molecule has 0 aromatic heterocycles. The van der Waals surface area contributed by atoms with E-state index >= 15 is 0 Å². The Bertz CT molecular complexity index is 1210. The Morgan fingerprint density at radius 2 is 1.40 bits per heavy atom. The van der Waals surface area contributed by atoms with Crippen molar-refractivity contribution in [3.63, 3.8) is 0 Å². The minimum absolute atomic E-state index is 0.00210. The lowest BCUT2D eigenvalue weighted by atomic mass is 10.0. The molecule has 0 heterocycles. The molecule has 7 heteroatoms. The summed E-state index contributed by atoms with van der Waals surface area (Å²) in [5, 5.41) is 0. The quantitative estimate of drug-likeness (QED) is 0.567. The third-order valence-corrected chi connectivity index (χ3v) is 8.29. The number of sulfone groups is 1. The maximum Gasteiger partial charge on any atom is 0.240 e. The van der Waals surface area contributed by atoms with Crippen molar-refractivity contribution in [2.24, 2.45) is 0 Å². The minimum Gasteiger partial charge on any atom is -0.219 e. The molecule has 5 nitrogen and oxygen atoms in total. The van der Waals surface area contributed by atoms with Crippen LogP contribution < -0.4 is 4.72 Å². The zero-order valence-corrected chi connectivity index (χ0v) is 18.6. The van der Waals surface area contributed by atoms with Crippen molar-refractivity contribution >= 4 is 19.9 Å². The van der Waals surface area contributed by atoms with Gasteiger partial charge in [-0.3, -0.25) is 0 Å². The minimum atomic E-state index is -3.89. The van der Waals surface area contributed by atoms with Crippen LogP contribution in [0, 0.1) is 0 Å². The van der Waals surface area contributed by atoms with Crippen molar-refractivity contribution < 1.29 is 16.8 Å². The van der Waals surface area contributed by atoms with E-state index in [2.05, 4.69) is 4.72 Å². The fraction of sp³-hybridized carbons (Fsp3) is 0.217. The van der Waals surface area contributed by atoms with E-state index in [9.17, 15) is 16.8 Å². The fourth-order valence-corrected chi connectivity index (χ4v) is 6.04. The highest BCUT2D eigenvalue weighted by Crippen LogP contribution is 2.26. The van der Waals surface area contributed by atoms with E-state index in [1.807, 2.05) is 44.2 Å². The van der Waals surface area contributed by atoms with Gasteiger partial charge < -0.3 is 0 Å². The van der Waals surface area contributed by atoms with Gasteiger partial charge in [-0.2, -0.15) is 0 Å². The maximum atomic E-state index is 13.1. The van der Waals surface area contributed by atoms with Gasteiger partial charge in [0.1, 0.15) is 0 Å². The second-order valence-electron chi connectivity index (χ2n) is 7.10. The summed E-state index contributed by atoms with van der Waals surface area (Å²) in [7, 11) is -7.70. The Balaban J connectivity index is 1.93. The highest BCUT2D eigenvalue weighted by Gasteiger charge is 2.24. The van der Waals surface area contributed by atoms with Crippen LogP contribution in [0.1, 0.15) is 30.9 Å². The highest BCUT2D eigenvalue weighted by molar-refractivity contribution is 7.91. The average molecular weight is 444 g/mol. The van der Waals surface area contributed by atoms with Crippen molar-refractivity contribution in [1.82, 2.24) is 4.72 Å². The van der Waals surface area contributed by atoms with Gasteiger partial charge in [-0.05, 0) is 47.7 Å². The number of aryl methyl sites for hydroxylation is 1. The molecule has 0 aliphatic heterocycles. The molecular weight excluding hydrogens is 418 g/mol. The van der Waals surface area contributed by atoms with Crippen LogP contribution in [-0.2, 0) is 26.3 Å². The molecule has 0 amide bonds. The summed E-state index contributed by atoms with van der Waals surface area (Å²) in [6.45, 7) is 3.99. The number of hydrogen-bond acceptors (Lipinski definition) is 4. The average Bonchev–Trinajstić information content (AvgIpc) is 2.78. The Morgan fingerprint density at radius 3 is 2.00 bits per heavy atom. The van der Waals surface area contributed by atoms with Crippen LogP contribution in [-0.4, -0.2) is 23.4 Å². The summed E-state index contributed by atoms with van der Waals surface area (Å²) in [5.74, 6) is -0.0257. The lowest BCUT2D eigenvalue weighted by Gasteiger charge is -2.16. The lowest BCUT2D eigenvalue weighted by Crippen LogP contribution is -2.28. The summed E-state index contributed by atoms with van der Waals surface area (Å²) in [4.78, 5) is 0.0907. The molecule has 30 heavy (non-hydrogen) atoms. The first-order valence-electron chi connectivity index (χ1n) is 9.73. The Kier molecular flexibility index (Phi) is 6.75. The van der Waals surface area contributed by atoms with E-state index < -0.39 is 19.9 Å². The van der Waals surface area contributed by atoms with Gasteiger partial charge in [0.2, 0.25) is 19.9 Å². The smallest absolute Gasteiger partial charge is 0.219 e. The van der Waals surface area contributed by atoms with Crippen LogP contribution >= 0.6 is 0 Å². The number of benzene rings is 3. The number of nitrogens with one attached hydrogen (secondary N) is 1. The molecule has 0 unspecified atom stereocenters. The van der Waals surface area contributed by atoms with E-state index in [-0.39, 0.29) is 27.1 Å². The predicted molar refractivity (Wildman–Crippen MR) is 118 cm³/mol. The Labute approximate surface area is 178 Å². The SMILES string of the molecule is CCc1ccc(S(=O)(=O)c2ccccc2)cc1S(=O)(=O)NC[C@H](C)c1ccccc1. The van der Waals surface area contributed by atoms with Crippen LogP contribution in [0.2, 0.25) is 0 Å². The molecule has 1 N–H and O–H groups in total. The molecule has 3 rings (SSSR count). The van der Waals surface area contributed by atoms with Crippen molar-refractivity contribution in [3.8, 4) is 0 Å². The fourth-order valence-electron chi connectivity index (χ4n) is 3.19. The van der Waals surface area contributed by atoms with Gasteiger partial charge in [-0.15, -0.1) is 0 Å². The molecule has 0 spiro atoms. The van der Waals surface area contributed by atoms with E-state index in [4.69, 9.17) is 0 Å². The number of sulfonamides is 1. The van der Waals surface area contributed by atoms with Gasteiger partial charge in [-0.25, -0.2) is 21.6 Å². The number of rotatable bonds is 8. The molecule has 0 bridgehead atoms. The molecular formula is C23H25NO4S2. The van der Waals surface area contributed by atoms with Crippen molar-refractivity contribution in [2.45, 2.75) is 40.9 Å². The van der Waals surface area contributed by atoms with Crippen LogP contribution in [0.5, 0.6) is 0 Å². The van der Waals surface area contributed by atoms with Crippen molar-refractivity contribution in [1.29, 1.82) is 0 Å². The molecule has 0 aliphatic rings. The first kappa shape index (κ1) is 22.2. The molecule has 158 valence electrons. The van der Waals surface area contributed by atoms with Gasteiger partial charge in [0.25, 0.3) is 0 Å². The third-order valence-electron chi connectivity index (χ3n) is 5.02. The second-order valence-corrected chi connectivity index (χ2v) is 10.8. The van der Waals surface area contributed by atoms with Crippen LogP contribution in [0.25, 0.3) is 0 Å². The molecule has 3 aromatic rings. The van der Waals surface area contributed by atoms with Gasteiger partial charge in [-0.1, -0.05) is 68.4 Å². The molecule has 0 radical (unpaired) electrons. The number of hydrogen-bond donors (Lipinski definition) is 1. The predicted octanol–water partition coefficient (Wildman–Crippen LogP) is 4.16. The van der Waals surface area contributed by atoms with E-state index in [0.717, 1.165) is 5.56 Å². The second kappa shape index (κ2) is 9.12. The van der Waals surface area contributed by atoms with E-state index in [1.165, 1.54) is 24.3 Å². The summed E-state index contributed by atoms with van der Waals surface area (Å²) in [6, 6.07) is 21.9. The summed E-state index contributed by atoms with van der Waals surface area (Å²) >= 11 is 0. The van der Waals surface area contributed by atoms with E-state index in [0.29, 0.717) is 12.0 Å². The zero-order valence-electron chi connectivity index (χ0n) is 16.9. The Hall–Kier alpha value is -2.48. The standard InChI is InChI=1S/C23H25NO4S2/c1-3-19-14-15-22(29(25,26)21-12-8-5-9-13-21)16-23(19)30(27,28)24-17-18(2)20-10-6-4-7-11-20/h4-16,18,24H,3,17H2,1-2H3/t18-/m0/s1. The summed E-state index contributed by atoms with van der Waals surface area (Å²) in [6.07, 6.45) is 0.468. The van der Waals surface area contributed by atoms with Crippen LogP contribution in [0.4, 0.5) is 0 Å². The van der Waals surface area contributed by atoms with Crippen LogP contribution in [0.3, 0.4) is 0 Å². The molecule has 3 aromatic carbocycles. The largest absolute Gasteiger partial charge is 0.240 e. The first-order chi connectivity index (χ1) is 14.3. The van der Waals surface area contributed by atoms with Gasteiger partial charge >= 0.3 is 0 Å². The van der Waals surface area contributed by atoms with Crippen molar-refractivity contribution in [2.75, 3.05) is 6.54 Å². The molecule has 0 saturated carbocycles. The summed E-state index contributed by atoms with van der Waals surface area (Å²) in [5.41, 5.74) is 1.60. The van der Waals surface area contributed by atoms with E-state index in [1.54, 1.807) is 24.3 Å². The zero-order chi connectivity index (χ0) is 21.8. The molecule has 1 atom stereocenters. The third kappa shape index (κ3) is 4.80. The molecule has 0 fully saturated rings. The molecule has 0 aliphatic carbocycles. The summed E-state index contributed by atoms with van der Waals surface area (Å²) < 4.78 is 54.7. The first-order valence-corrected chi connectivity index (χ1v) is 12.7. The van der Waals surface area contributed by atoms with Crippen LogP contribution in [0.15, 0.2) is 93.5 Å². The topological polar surface area (TPSA) is 80.3 Å². The normalized spacial score (nSPS) is 13.1. The van der Waals surface area contributed by atoms with Gasteiger partial charge in [0.15, 0.2) is 0 Å². The maximum absolute atomic E-state index is 13.1. The Morgan fingerprint density at radius 1 is 0.800 bits per heavy atom. The van der Waals surface area contributed by atoms with Gasteiger partial charge in [0.05, 0.1) is 14.7 Å². The van der Waals surface area contributed by atoms with Gasteiger partial charge in [0, 0.05) is 6.54 Å². The van der Waals surface area contributed by atoms with Crippen molar-refractivity contribution in [3.05, 3.63) is 90.0 Å². The monoisotopic (exact) mass is 443 g/mol.